The predicted molar refractivity (Wildman–Crippen MR) is 105 cm³/mol. The fourth-order valence-corrected chi connectivity index (χ4v) is 7.08. The molecule has 4 saturated carbocycles. The van der Waals surface area contributed by atoms with E-state index in [1.54, 1.807) is 11.3 Å². The number of aromatic nitrogens is 1. The van der Waals surface area contributed by atoms with Crippen LogP contribution in [0.25, 0.3) is 10.6 Å². The molecule has 4 fully saturated rings. The van der Waals surface area contributed by atoms with E-state index >= 15 is 0 Å². The van der Waals surface area contributed by atoms with Crippen molar-refractivity contribution in [2.45, 2.75) is 51.5 Å². The quantitative estimate of drug-likeness (QED) is 0.806. The Labute approximate surface area is 159 Å². The average molecular weight is 367 g/mol. The van der Waals surface area contributed by atoms with Crippen molar-refractivity contribution in [1.29, 1.82) is 0 Å². The van der Waals surface area contributed by atoms with Crippen LogP contribution < -0.4 is 5.32 Å². The molecule has 0 aromatic carbocycles. The van der Waals surface area contributed by atoms with E-state index < -0.39 is 0 Å². The molecule has 0 saturated heterocycles. The lowest BCUT2D eigenvalue weighted by molar-refractivity contribution is -0.129. The number of carbonyl (C=O) groups is 1. The molecular weight excluding hydrogens is 340 g/mol. The molecule has 4 bridgehead atoms. The van der Waals surface area contributed by atoms with Crippen molar-refractivity contribution in [1.82, 2.24) is 10.3 Å². The lowest BCUT2D eigenvalue weighted by Gasteiger charge is -2.56. The van der Waals surface area contributed by atoms with E-state index in [2.05, 4.69) is 27.8 Å². The van der Waals surface area contributed by atoms with E-state index in [-0.39, 0.29) is 5.91 Å². The first-order valence-corrected chi connectivity index (χ1v) is 10.8. The van der Waals surface area contributed by atoms with Crippen LogP contribution in [0, 0.1) is 23.2 Å². The second kappa shape index (κ2) is 6.49. The fourth-order valence-electron chi connectivity index (χ4n) is 6.32. The zero-order valence-electron chi connectivity index (χ0n) is 15.1. The van der Waals surface area contributed by atoms with Crippen molar-refractivity contribution in [3.05, 3.63) is 41.4 Å². The van der Waals surface area contributed by atoms with Crippen LogP contribution in [0.15, 0.2) is 35.8 Å². The molecule has 4 aliphatic carbocycles. The van der Waals surface area contributed by atoms with Gasteiger partial charge in [-0.2, -0.15) is 0 Å². The summed E-state index contributed by atoms with van der Waals surface area (Å²) >= 11 is 1.69. The van der Waals surface area contributed by atoms with E-state index in [4.69, 9.17) is 0 Å². The highest BCUT2D eigenvalue weighted by molar-refractivity contribution is 7.13. The maximum atomic E-state index is 12.8. The predicted octanol–water partition coefficient (Wildman–Crippen LogP) is 5.03. The van der Waals surface area contributed by atoms with Crippen molar-refractivity contribution in [2.75, 3.05) is 0 Å². The summed E-state index contributed by atoms with van der Waals surface area (Å²) in [7, 11) is 0. The van der Waals surface area contributed by atoms with Crippen LogP contribution in [0.5, 0.6) is 0 Å². The van der Waals surface area contributed by atoms with Gasteiger partial charge in [0.1, 0.15) is 0 Å². The Morgan fingerprint density at radius 3 is 2.50 bits per heavy atom. The van der Waals surface area contributed by atoms with Gasteiger partial charge in [0.25, 0.3) is 0 Å². The molecule has 3 nitrogen and oxygen atoms in total. The average Bonchev–Trinajstić information content (AvgIpc) is 3.13. The highest BCUT2D eigenvalue weighted by Crippen LogP contribution is 2.61. The first-order valence-electron chi connectivity index (χ1n) is 9.94. The Hall–Kier alpha value is -1.68. The number of hydrogen-bond acceptors (Lipinski definition) is 3. The highest BCUT2D eigenvalue weighted by atomic mass is 32.1. The fraction of sp³-hybridized carbons (Fsp3) is 0.545. The molecule has 2 aromatic heterocycles. The van der Waals surface area contributed by atoms with Crippen LogP contribution in [0.2, 0.25) is 0 Å². The van der Waals surface area contributed by atoms with Crippen molar-refractivity contribution in [3.8, 4) is 10.6 Å². The number of pyridine rings is 1. The van der Waals surface area contributed by atoms with Crippen LogP contribution in [0.4, 0.5) is 0 Å². The minimum Gasteiger partial charge on any atom is -0.352 e. The van der Waals surface area contributed by atoms with Crippen LogP contribution >= 0.6 is 11.3 Å². The molecule has 4 heteroatoms. The van der Waals surface area contributed by atoms with E-state index in [0.29, 0.717) is 12.0 Å². The summed E-state index contributed by atoms with van der Waals surface area (Å²) in [5, 5.41) is 5.27. The molecule has 0 aliphatic heterocycles. The molecule has 0 spiro atoms. The van der Waals surface area contributed by atoms with Gasteiger partial charge < -0.3 is 5.32 Å². The third-order valence-corrected chi connectivity index (χ3v) is 7.70. The lowest BCUT2D eigenvalue weighted by atomic mass is 9.49. The molecule has 136 valence electrons. The topological polar surface area (TPSA) is 42.0 Å². The SMILES string of the molecule is O=C(CC12CC3CC(CC(C3)C1)C2)NCc1cccnc1-c1cccs1. The minimum atomic E-state index is 0.230. The Kier molecular flexibility index (Phi) is 4.11. The van der Waals surface area contributed by atoms with Gasteiger partial charge in [-0.1, -0.05) is 12.1 Å². The number of amides is 1. The minimum absolute atomic E-state index is 0.230. The van der Waals surface area contributed by atoms with Crippen LogP contribution in [-0.4, -0.2) is 10.9 Å². The van der Waals surface area contributed by atoms with E-state index in [1.807, 2.05) is 18.3 Å². The Morgan fingerprint density at radius 2 is 1.85 bits per heavy atom. The molecule has 6 rings (SSSR count). The van der Waals surface area contributed by atoms with Gasteiger partial charge in [-0.25, -0.2) is 0 Å². The van der Waals surface area contributed by atoms with Gasteiger partial charge in [-0.15, -0.1) is 11.3 Å². The summed E-state index contributed by atoms with van der Waals surface area (Å²) in [5.41, 5.74) is 2.41. The van der Waals surface area contributed by atoms with E-state index in [1.165, 1.54) is 38.5 Å². The Balaban J connectivity index is 1.25. The smallest absolute Gasteiger partial charge is 0.220 e. The summed E-state index contributed by atoms with van der Waals surface area (Å²) in [6.07, 6.45) is 10.7. The Bertz CT molecular complexity index is 763. The molecular formula is C22H26N2OS. The van der Waals surface area contributed by atoms with Crippen molar-refractivity contribution >= 4 is 17.2 Å². The summed E-state index contributed by atoms with van der Waals surface area (Å²) in [6.45, 7) is 0.576. The molecule has 0 radical (unpaired) electrons. The zero-order chi connectivity index (χ0) is 17.6. The first-order chi connectivity index (χ1) is 12.7. The van der Waals surface area contributed by atoms with Gasteiger partial charge in [0.05, 0.1) is 10.6 Å². The lowest BCUT2D eigenvalue weighted by Crippen LogP contribution is -2.47. The van der Waals surface area contributed by atoms with Crippen LogP contribution in [0.1, 0.15) is 50.5 Å². The van der Waals surface area contributed by atoms with Crippen molar-refractivity contribution in [2.24, 2.45) is 23.2 Å². The van der Waals surface area contributed by atoms with Gasteiger partial charge in [0.15, 0.2) is 0 Å². The number of nitrogens with one attached hydrogen (secondary N) is 1. The normalized spacial score (nSPS) is 31.9. The number of carbonyl (C=O) groups excluding carboxylic acids is 1. The summed E-state index contributed by atoms with van der Waals surface area (Å²) in [5.74, 6) is 2.93. The molecule has 0 atom stereocenters. The number of nitrogens with zero attached hydrogens (tertiary/aromatic N) is 1. The molecule has 4 aliphatic rings. The van der Waals surface area contributed by atoms with Crippen LogP contribution in [-0.2, 0) is 11.3 Å². The summed E-state index contributed by atoms with van der Waals surface area (Å²) < 4.78 is 0. The third kappa shape index (κ3) is 3.09. The number of thiophene rings is 1. The van der Waals surface area contributed by atoms with Crippen molar-refractivity contribution in [3.63, 3.8) is 0 Å². The second-order valence-electron chi connectivity index (χ2n) is 8.86. The van der Waals surface area contributed by atoms with Crippen molar-refractivity contribution < 1.29 is 4.79 Å². The third-order valence-electron chi connectivity index (χ3n) is 6.82. The van der Waals surface area contributed by atoms with E-state index in [0.717, 1.165) is 40.3 Å². The summed E-state index contributed by atoms with van der Waals surface area (Å²) in [4.78, 5) is 18.5. The maximum Gasteiger partial charge on any atom is 0.220 e. The molecule has 26 heavy (non-hydrogen) atoms. The first kappa shape index (κ1) is 16.5. The van der Waals surface area contributed by atoms with Crippen LogP contribution in [0.3, 0.4) is 0 Å². The maximum absolute atomic E-state index is 12.8. The van der Waals surface area contributed by atoms with Gasteiger partial charge in [0.2, 0.25) is 5.91 Å². The highest BCUT2D eigenvalue weighted by Gasteiger charge is 2.51. The molecule has 1 N–H and O–H groups in total. The van der Waals surface area contributed by atoms with Gasteiger partial charge in [0, 0.05) is 19.2 Å². The van der Waals surface area contributed by atoms with Gasteiger partial charge in [-0.05, 0) is 84.8 Å². The van der Waals surface area contributed by atoms with Gasteiger partial charge in [-0.3, -0.25) is 9.78 Å². The standard InChI is InChI=1S/C22H26N2OS/c25-20(13-22-10-15-7-16(11-22)9-17(8-15)12-22)24-14-18-3-1-5-23-21(18)19-4-2-6-26-19/h1-6,15-17H,7-14H2,(H,24,25). The monoisotopic (exact) mass is 366 g/mol. The summed E-state index contributed by atoms with van der Waals surface area (Å²) in [6, 6.07) is 8.17. The molecule has 2 aromatic rings. The Morgan fingerprint density at radius 1 is 1.12 bits per heavy atom. The number of hydrogen-bond donors (Lipinski definition) is 1. The molecule has 1 amide bonds. The second-order valence-corrected chi connectivity index (χ2v) is 9.81. The molecule has 2 heterocycles. The van der Waals surface area contributed by atoms with Gasteiger partial charge >= 0.3 is 0 Å². The zero-order valence-corrected chi connectivity index (χ0v) is 15.9. The number of rotatable bonds is 5. The largest absolute Gasteiger partial charge is 0.352 e. The van der Waals surface area contributed by atoms with E-state index in [9.17, 15) is 4.79 Å². The molecule has 0 unspecified atom stereocenters.